The highest BCUT2D eigenvalue weighted by Gasteiger charge is 2.31. The Hall–Kier alpha value is -2.92. The van der Waals surface area contributed by atoms with Gasteiger partial charge < -0.3 is 5.32 Å². The lowest BCUT2D eigenvalue weighted by atomic mass is 10.00. The first-order valence-corrected chi connectivity index (χ1v) is 13.3. The Bertz CT molecular complexity index is 1410. The molecule has 1 atom stereocenters. The lowest BCUT2D eigenvalue weighted by Gasteiger charge is -2.14. The number of aryl methyl sites for hydroxylation is 3. The van der Waals surface area contributed by atoms with Crippen molar-refractivity contribution in [1.29, 1.82) is 0 Å². The lowest BCUT2D eigenvalue weighted by Crippen LogP contribution is -2.29. The molecule has 9 heteroatoms. The van der Waals surface area contributed by atoms with Gasteiger partial charge in [0.1, 0.15) is 16.9 Å². The standard InChI is InChI=1S/C26H25IN6OS/c1-15-16(2)35-26-23(15)24(19-7-9-20(27)10-8-19)30-21(25-32-31-17(3)33(25)26)14-29-22(34)11-6-18-5-4-12-28-13-18/h4-5,7-10,12-13,21H,6,11,14H2,1-3H3,(H,29,34). The van der Waals surface area contributed by atoms with Gasteiger partial charge in [-0.15, -0.1) is 21.5 Å². The van der Waals surface area contributed by atoms with Crippen LogP contribution in [0.15, 0.2) is 53.8 Å². The fourth-order valence-corrected chi connectivity index (χ4v) is 5.81. The molecule has 0 bridgehead atoms. The predicted octanol–water partition coefficient (Wildman–Crippen LogP) is 4.89. The minimum absolute atomic E-state index is 0.0197. The lowest BCUT2D eigenvalue weighted by molar-refractivity contribution is -0.121. The SMILES string of the molecule is Cc1sc2c(c1C)C(c1ccc(I)cc1)=NC(CNC(=O)CCc1cccnc1)c1nnc(C)n1-2. The van der Waals surface area contributed by atoms with Crippen molar-refractivity contribution in [2.45, 2.75) is 39.7 Å². The fourth-order valence-electron chi connectivity index (χ4n) is 4.24. The minimum atomic E-state index is -0.355. The summed E-state index contributed by atoms with van der Waals surface area (Å²) in [4.78, 5) is 23.3. The molecule has 1 aliphatic rings. The van der Waals surface area contributed by atoms with Crippen molar-refractivity contribution in [3.8, 4) is 5.00 Å². The number of fused-ring (bicyclic) bond motifs is 3. The number of halogens is 1. The van der Waals surface area contributed by atoms with Gasteiger partial charge in [0.25, 0.3) is 0 Å². The third-order valence-electron chi connectivity index (χ3n) is 6.21. The van der Waals surface area contributed by atoms with Crippen LogP contribution in [0.1, 0.15) is 51.2 Å². The van der Waals surface area contributed by atoms with Crippen LogP contribution in [0.2, 0.25) is 0 Å². The summed E-state index contributed by atoms with van der Waals surface area (Å²) in [6, 6.07) is 11.9. The number of carbonyl (C=O) groups excluding carboxylic acids is 1. The van der Waals surface area contributed by atoms with E-state index >= 15 is 0 Å². The zero-order valence-electron chi connectivity index (χ0n) is 19.7. The van der Waals surface area contributed by atoms with E-state index in [1.54, 1.807) is 23.7 Å². The summed E-state index contributed by atoms with van der Waals surface area (Å²) in [5.74, 6) is 1.54. The second-order valence-corrected chi connectivity index (χ2v) is 11.0. The molecule has 1 N–H and O–H groups in total. The zero-order valence-corrected chi connectivity index (χ0v) is 22.7. The number of nitrogens with one attached hydrogen (secondary N) is 1. The van der Waals surface area contributed by atoms with Crippen LogP contribution in [-0.4, -0.2) is 37.9 Å². The van der Waals surface area contributed by atoms with Gasteiger partial charge in [0, 0.05) is 44.9 Å². The van der Waals surface area contributed by atoms with Gasteiger partial charge in [-0.1, -0.05) is 18.2 Å². The van der Waals surface area contributed by atoms with Crippen LogP contribution < -0.4 is 5.32 Å². The van der Waals surface area contributed by atoms with E-state index in [9.17, 15) is 4.79 Å². The summed E-state index contributed by atoms with van der Waals surface area (Å²) in [7, 11) is 0. The Kier molecular flexibility index (Phi) is 6.79. The van der Waals surface area contributed by atoms with Gasteiger partial charge in [-0.05, 0) is 79.1 Å². The maximum Gasteiger partial charge on any atom is 0.220 e. The molecular weight excluding hydrogens is 571 g/mol. The summed E-state index contributed by atoms with van der Waals surface area (Å²) in [5.41, 5.74) is 5.35. The van der Waals surface area contributed by atoms with E-state index in [1.807, 2.05) is 19.1 Å². The van der Waals surface area contributed by atoms with Crippen LogP contribution in [0, 0.1) is 24.3 Å². The molecule has 1 amide bonds. The first-order chi connectivity index (χ1) is 16.9. The fraction of sp³-hybridized carbons (Fsp3) is 0.269. The Balaban J connectivity index is 1.49. The van der Waals surface area contributed by atoms with Crippen LogP contribution >= 0.6 is 33.9 Å². The van der Waals surface area contributed by atoms with Crippen molar-refractivity contribution in [3.05, 3.63) is 91.1 Å². The Morgan fingerprint density at radius 1 is 1.14 bits per heavy atom. The number of nitrogens with zero attached hydrogens (tertiary/aromatic N) is 5. The molecular formula is C26H25IN6OS. The number of benzene rings is 1. The molecule has 7 nitrogen and oxygen atoms in total. The van der Waals surface area contributed by atoms with Crippen molar-refractivity contribution >= 4 is 45.5 Å². The molecule has 178 valence electrons. The summed E-state index contributed by atoms with van der Waals surface area (Å²) in [5, 5.41) is 13.0. The van der Waals surface area contributed by atoms with E-state index in [-0.39, 0.29) is 11.9 Å². The average molecular weight is 596 g/mol. The van der Waals surface area contributed by atoms with Crippen LogP contribution in [0.3, 0.4) is 0 Å². The van der Waals surface area contributed by atoms with Gasteiger partial charge in [0.2, 0.25) is 5.91 Å². The number of aliphatic imine (C=N–C) groups is 1. The van der Waals surface area contributed by atoms with Gasteiger partial charge in [-0.3, -0.25) is 19.3 Å². The van der Waals surface area contributed by atoms with Gasteiger partial charge in [-0.2, -0.15) is 0 Å². The first kappa shape index (κ1) is 23.8. The number of aromatic nitrogens is 4. The van der Waals surface area contributed by atoms with Crippen molar-refractivity contribution < 1.29 is 4.79 Å². The third kappa shape index (κ3) is 4.79. The second-order valence-electron chi connectivity index (χ2n) is 8.57. The molecule has 0 radical (unpaired) electrons. The maximum atomic E-state index is 12.7. The number of rotatable bonds is 6. The van der Waals surface area contributed by atoms with Crippen LogP contribution in [0.5, 0.6) is 0 Å². The Labute approximate surface area is 221 Å². The van der Waals surface area contributed by atoms with Crippen LogP contribution in [-0.2, 0) is 11.2 Å². The van der Waals surface area contributed by atoms with Crippen molar-refractivity contribution in [1.82, 2.24) is 25.1 Å². The smallest absolute Gasteiger partial charge is 0.220 e. The number of hydrogen-bond acceptors (Lipinski definition) is 6. The summed E-state index contributed by atoms with van der Waals surface area (Å²) < 4.78 is 3.28. The molecule has 4 aromatic rings. The first-order valence-electron chi connectivity index (χ1n) is 11.4. The van der Waals surface area contributed by atoms with Crippen molar-refractivity contribution in [3.63, 3.8) is 0 Å². The Morgan fingerprint density at radius 2 is 1.94 bits per heavy atom. The van der Waals surface area contributed by atoms with E-state index < -0.39 is 0 Å². The topological polar surface area (TPSA) is 85.1 Å². The highest BCUT2D eigenvalue weighted by molar-refractivity contribution is 14.1. The molecule has 3 aromatic heterocycles. The number of amides is 1. The van der Waals surface area contributed by atoms with Crippen molar-refractivity contribution in [2.24, 2.45) is 4.99 Å². The highest BCUT2D eigenvalue weighted by atomic mass is 127. The molecule has 0 saturated heterocycles. The van der Waals surface area contributed by atoms with E-state index in [4.69, 9.17) is 4.99 Å². The van der Waals surface area contributed by atoms with Gasteiger partial charge in [0.15, 0.2) is 5.82 Å². The quantitative estimate of drug-likeness (QED) is 0.321. The average Bonchev–Trinajstić information content (AvgIpc) is 3.33. The van der Waals surface area contributed by atoms with E-state index in [2.05, 4.69) is 85.8 Å². The van der Waals surface area contributed by atoms with E-state index in [0.717, 1.165) is 39.1 Å². The molecule has 0 fully saturated rings. The predicted molar refractivity (Wildman–Crippen MR) is 147 cm³/mol. The van der Waals surface area contributed by atoms with Crippen molar-refractivity contribution in [2.75, 3.05) is 6.54 Å². The molecule has 5 rings (SSSR count). The van der Waals surface area contributed by atoms with Gasteiger partial charge in [-0.25, -0.2) is 0 Å². The van der Waals surface area contributed by atoms with E-state index in [1.165, 1.54) is 14.0 Å². The highest BCUT2D eigenvalue weighted by Crippen LogP contribution is 2.38. The normalized spacial score (nSPS) is 14.6. The van der Waals surface area contributed by atoms with Crippen LogP contribution in [0.4, 0.5) is 0 Å². The van der Waals surface area contributed by atoms with Gasteiger partial charge >= 0.3 is 0 Å². The largest absolute Gasteiger partial charge is 0.353 e. The number of carbonyl (C=O) groups is 1. The summed E-state index contributed by atoms with van der Waals surface area (Å²) in [6.07, 6.45) is 4.57. The Morgan fingerprint density at radius 3 is 2.69 bits per heavy atom. The van der Waals surface area contributed by atoms with Crippen LogP contribution in [0.25, 0.3) is 5.00 Å². The monoisotopic (exact) mass is 596 g/mol. The van der Waals surface area contributed by atoms with E-state index in [0.29, 0.717) is 19.4 Å². The van der Waals surface area contributed by atoms with Gasteiger partial charge in [0.05, 0.1) is 5.71 Å². The molecule has 1 aliphatic heterocycles. The third-order valence-corrected chi connectivity index (χ3v) is 8.12. The summed E-state index contributed by atoms with van der Waals surface area (Å²) >= 11 is 4.05. The molecule has 0 spiro atoms. The number of pyridine rings is 1. The molecule has 0 saturated carbocycles. The molecule has 4 heterocycles. The summed E-state index contributed by atoms with van der Waals surface area (Å²) in [6.45, 7) is 6.60. The molecule has 1 aromatic carbocycles. The minimum Gasteiger partial charge on any atom is -0.353 e. The molecule has 0 aliphatic carbocycles. The molecule has 1 unspecified atom stereocenters. The maximum absolute atomic E-state index is 12.7. The number of thiophene rings is 1. The second kappa shape index (κ2) is 9.98. The number of hydrogen-bond donors (Lipinski definition) is 1. The zero-order chi connectivity index (χ0) is 24.5. The molecule has 35 heavy (non-hydrogen) atoms.